The molecule has 0 radical (unpaired) electrons. The summed E-state index contributed by atoms with van der Waals surface area (Å²) in [6.45, 7) is 5.39. The molecule has 0 aliphatic carbocycles. The van der Waals surface area contributed by atoms with Crippen LogP contribution in [0.5, 0.6) is 0 Å². The van der Waals surface area contributed by atoms with Crippen molar-refractivity contribution in [1.29, 1.82) is 0 Å². The molecule has 0 saturated heterocycles. The van der Waals surface area contributed by atoms with Gasteiger partial charge in [0, 0.05) is 23.1 Å². The number of aliphatic hydroxyl groups excluding tert-OH is 2. The lowest BCUT2D eigenvalue weighted by Crippen LogP contribution is -2.36. The summed E-state index contributed by atoms with van der Waals surface area (Å²) in [7, 11) is 0. The quantitative estimate of drug-likeness (QED) is 0.676. The smallest absolute Gasteiger partial charge is 0.0551 e. The number of aliphatic hydroxyl groups is 2. The fourth-order valence-corrected chi connectivity index (χ4v) is 2.80. The Bertz CT molecular complexity index is 389. The van der Waals surface area contributed by atoms with Crippen LogP contribution in [-0.4, -0.2) is 36.6 Å². The Balaban J connectivity index is 2.66. The monoisotopic (exact) mass is 344 g/mol. The van der Waals surface area contributed by atoms with Crippen LogP contribution in [0.1, 0.15) is 32.3 Å². The van der Waals surface area contributed by atoms with Crippen LogP contribution in [0.2, 0.25) is 0 Å². The molecule has 0 aromatic heterocycles. The summed E-state index contributed by atoms with van der Waals surface area (Å²) in [6.07, 6.45) is 1.63. The zero-order valence-electron chi connectivity index (χ0n) is 12.3. The van der Waals surface area contributed by atoms with Crippen molar-refractivity contribution >= 4 is 15.9 Å². The van der Waals surface area contributed by atoms with E-state index in [1.807, 2.05) is 24.3 Å². The standard InChI is InChI=1S/C16H25BrO3/c1-13(2)7-9-20-10-8-16(11-18,12-19)14-5-3-4-6-15(14)17/h3-6,13,18-19H,7-12H2,1-2H3. The van der Waals surface area contributed by atoms with Gasteiger partial charge in [-0.05, 0) is 30.4 Å². The van der Waals surface area contributed by atoms with Gasteiger partial charge in [0.05, 0.1) is 13.2 Å². The molecule has 2 N–H and O–H groups in total. The highest BCUT2D eigenvalue weighted by Crippen LogP contribution is 2.33. The molecule has 114 valence electrons. The number of hydrogen-bond donors (Lipinski definition) is 2. The average molecular weight is 345 g/mol. The van der Waals surface area contributed by atoms with E-state index in [-0.39, 0.29) is 13.2 Å². The van der Waals surface area contributed by atoms with Gasteiger partial charge >= 0.3 is 0 Å². The molecule has 0 fully saturated rings. The van der Waals surface area contributed by atoms with Crippen molar-refractivity contribution in [3.8, 4) is 0 Å². The van der Waals surface area contributed by atoms with Crippen molar-refractivity contribution < 1.29 is 14.9 Å². The summed E-state index contributed by atoms with van der Waals surface area (Å²) in [5.74, 6) is 0.624. The van der Waals surface area contributed by atoms with Gasteiger partial charge in [-0.25, -0.2) is 0 Å². The Hall–Kier alpha value is -0.420. The SMILES string of the molecule is CC(C)CCOCCC(CO)(CO)c1ccccc1Br. The molecule has 20 heavy (non-hydrogen) atoms. The molecule has 0 saturated carbocycles. The van der Waals surface area contributed by atoms with E-state index in [9.17, 15) is 10.2 Å². The van der Waals surface area contributed by atoms with Gasteiger partial charge in [-0.15, -0.1) is 0 Å². The van der Waals surface area contributed by atoms with E-state index < -0.39 is 5.41 Å². The lowest BCUT2D eigenvalue weighted by atomic mass is 9.79. The predicted molar refractivity (Wildman–Crippen MR) is 84.9 cm³/mol. The number of rotatable bonds is 9. The Kier molecular flexibility index (Phi) is 7.74. The molecule has 0 amide bonds. The zero-order chi connectivity index (χ0) is 15.0. The second-order valence-electron chi connectivity index (χ2n) is 5.62. The minimum absolute atomic E-state index is 0.0976. The summed E-state index contributed by atoms with van der Waals surface area (Å²) in [4.78, 5) is 0. The third-order valence-corrected chi connectivity index (χ3v) is 4.31. The molecule has 1 aromatic rings. The average Bonchev–Trinajstić information content (AvgIpc) is 2.44. The van der Waals surface area contributed by atoms with Gasteiger partial charge in [0.25, 0.3) is 0 Å². The van der Waals surface area contributed by atoms with E-state index in [0.29, 0.717) is 18.9 Å². The molecule has 1 rings (SSSR count). The lowest BCUT2D eigenvalue weighted by molar-refractivity contribution is 0.0588. The van der Waals surface area contributed by atoms with Crippen LogP contribution in [-0.2, 0) is 10.2 Å². The molecule has 0 aliphatic rings. The van der Waals surface area contributed by atoms with Crippen LogP contribution >= 0.6 is 15.9 Å². The van der Waals surface area contributed by atoms with Crippen molar-refractivity contribution in [2.75, 3.05) is 26.4 Å². The number of benzene rings is 1. The summed E-state index contributed by atoms with van der Waals surface area (Å²) in [5.41, 5.74) is 0.273. The molecule has 1 aromatic carbocycles. The minimum atomic E-state index is -0.655. The van der Waals surface area contributed by atoms with Crippen molar-refractivity contribution in [2.45, 2.75) is 32.1 Å². The van der Waals surface area contributed by atoms with Gasteiger partial charge in [0.2, 0.25) is 0 Å². The summed E-state index contributed by atoms with van der Waals surface area (Å²) in [6, 6.07) is 7.70. The normalized spacial score (nSPS) is 12.1. The first-order chi connectivity index (χ1) is 9.55. The van der Waals surface area contributed by atoms with Crippen molar-refractivity contribution in [3.05, 3.63) is 34.3 Å². The highest BCUT2D eigenvalue weighted by molar-refractivity contribution is 9.10. The Labute approximate surface area is 130 Å². The topological polar surface area (TPSA) is 49.7 Å². The van der Waals surface area contributed by atoms with Crippen molar-refractivity contribution in [1.82, 2.24) is 0 Å². The minimum Gasteiger partial charge on any atom is -0.395 e. The third kappa shape index (κ3) is 4.85. The first kappa shape index (κ1) is 17.6. The van der Waals surface area contributed by atoms with Gasteiger partial charge in [-0.2, -0.15) is 0 Å². The Morgan fingerprint density at radius 2 is 1.80 bits per heavy atom. The summed E-state index contributed by atoms with van der Waals surface area (Å²) < 4.78 is 6.54. The summed E-state index contributed by atoms with van der Waals surface area (Å²) in [5, 5.41) is 19.5. The van der Waals surface area contributed by atoms with Gasteiger partial charge in [0.1, 0.15) is 0 Å². The molecular weight excluding hydrogens is 320 g/mol. The van der Waals surface area contributed by atoms with Gasteiger partial charge in [-0.3, -0.25) is 0 Å². The zero-order valence-corrected chi connectivity index (χ0v) is 13.9. The van der Waals surface area contributed by atoms with Gasteiger partial charge < -0.3 is 14.9 Å². The third-order valence-electron chi connectivity index (χ3n) is 3.62. The largest absolute Gasteiger partial charge is 0.395 e. The van der Waals surface area contributed by atoms with Crippen LogP contribution in [0.4, 0.5) is 0 Å². The molecule has 0 spiro atoms. The maximum Gasteiger partial charge on any atom is 0.0551 e. The maximum atomic E-state index is 9.76. The molecular formula is C16H25BrO3. The molecule has 0 atom stereocenters. The lowest BCUT2D eigenvalue weighted by Gasteiger charge is -2.31. The van der Waals surface area contributed by atoms with Gasteiger partial charge in [0.15, 0.2) is 0 Å². The highest BCUT2D eigenvalue weighted by Gasteiger charge is 2.32. The first-order valence-corrected chi connectivity index (χ1v) is 7.89. The van der Waals surface area contributed by atoms with Crippen LogP contribution in [0.25, 0.3) is 0 Å². The van der Waals surface area contributed by atoms with Crippen LogP contribution in [0.3, 0.4) is 0 Å². The molecule has 3 nitrogen and oxygen atoms in total. The second kappa shape index (κ2) is 8.78. The molecule has 0 unspecified atom stereocenters. The van der Waals surface area contributed by atoms with Crippen molar-refractivity contribution in [3.63, 3.8) is 0 Å². The molecule has 0 bridgehead atoms. The Morgan fingerprint density at radius 3 is 2.35 bits per heavy atom. The fourth-order valence-electron chi connectivity index (χ4n) is 2.09. The number of halogens is 1. The fraction of sp³-hybridized carbons (Fsp3) is 0.625. The first-order valence-electron chi connectivity index (χ1n) is 7.10. The van der Waals surface area contributed by atoms with E-state index in [0.717, 1.165) is 23.1 Å². The Morgan fingerprint density at radius 1 is 1.15 bits per heavy atom. The molecule has 0 heterocycles. The number of hydrogen-bond acceptors (Lipinski definition) is 3. The maximum absolute atomic E-state index is 9.76. The number of ether oxygens (including phenoxy) is 1. The van der Waals surface area contributed by atoms with Crippen LogP contribution in [0.15, 0.2) is 28.7 Å². The van der Waals surface area contributed by atoms with E-state index in [4.69, 9.17) is 4.74 Å². The summed E-state index contributed by atoms with van der Waals surface area (Å²) >= 11 is 3.49. The van der Waals surface area contributed by atoms with E-state index in [1.54, 1.807) is 0 Å². The van der Waals surface area contributed by atoms with Crippen LogP contribution in [0, 0.1) is 5.92 Å². The molecule has 0 aliphatic heterocycles. The molecule has 4 heteroatoms. The van der Waals surface area contributed by atoms with E-state index >= 15 is 0 Å². The van der Waals surface area contributed by atoms with Gasteiger partial charge in [-0.1, -0.05) is 48.0 Å². The highest BCUT2D eigenvalue weighted by atomic mass is 79.9. The van der Waals surface area contributed by atoms with E-state index in [2.05, 4.69) is 29.8 Å². The predicted octanol–water partition coefficient (Wildman–Crippen LogP) is 3.12. The van der Waals surface area contributed by atoms with E-state index in [1.165, 1.54) is 0 Å². The second-order valence-corrected chi connectivity index (χ2v) is 6.48. The van der Waals surface area contributed by atoms with Crippen molar-refractivity contribution in [2.24, 2.45) is 5.92 Å². The van der Waals surface area contributed by atoms with Crippen LogP contribution < -0.4 is 0 Å².